The van der Waals surface area contributed by atoms with Crippen LogP contribution in [-0.2, 0) is 4.79 Å². The van der Waals surface area contributed by atoms with Gasteiger partial charge in [-0.1, -0.05) is 0 Å². The van der Waals surface area contributed by atoms with Gasteiger partial charge in [-0.25, -0.2) is 0 Å². The van der Waals surface area contributed by atoms with Gasteiger partial charge >= 0.3 is 0 Å². The lowest BCUT2D eigenvalue weighted by molar-refractivity contribution is -0.121. The number of carbonyl (C=O) groups is 1. The highest BCUT2D eigenvalue weighted by atomic mass is 16.2. The van der Waals surface area contributed by atoms with Crippen molar-refractivity contribution in [3.63, 3.8) is 0 Å². The molecule has 3 N–H and O–H groups in total. The van der Waals surface area contributed by atoms with Crippen molar-refractivity contribution in [3.05, 3.63) is 0 Å². The molecule has 15 heavy (non-hydrogen) atoms. The minimum absolute atomic E-state index is 0.0452. The van der Waals surface area contributed by atoms with E-state index in [2.05, 4.69) is 10.2 Å². The van der Waals surface area contributed by atoms with Crippen molar-refractivity contribution in [2.75, 3.05) is 26.2 Å². The number of carbonyl (C=O) groups excluding carboxylic acids is 1. The Kier molecular flexibility index (Phi) is 5.65. The molecule has 1 amide bonds. The van der Waals surface area contributed by atoms with Crippen LogP contribution in [0.15, 0.2) is 0 Å². The molecule has 0 aliphatic carbocycles. The molecule has 0 spiro atoms. The van der Waals surface area contributed by atoms with Crippen molar-refractivity contribution >= 4 is 5.91 Å². The van der Waals surface area contributed by atoms with Crippen molar-refractivity contribution in [1.82, 2.24) is 10.2 Å². The Hall–Kier alpha value is -0.610. The third kappa shape index (κ3) is 5.14. The number of nitrogens with zero attached hydrogens (tertiary/aromatic N) is 1. The molecule has 0 aromatic rings. The first-order valence-corrected chi connectivity index (χ1v) is 5.96. The average Bonchev–Trinajstić information content (AvgIpc) is 2.69. The molecule has 1 unspecified atom stereocenters. The standard InChI is InChI=1S/C11H23N3O/c1-10(12)11(15)13-6-2-3-7-14-8-4-5-9-14/h10H,2-9,12H2,1H3,(H,13,15). The summed E-state index contributed by atoms with van der Waals surface area (Å²) in [5, 5.41) is 2.83. The van der Waals surface area contributed by atoms with E-state index < -0.39 is 0 Å². The molecule has 0 radical (unpaired) electrons. The quantitative estimate of drug-likeness (QED) is 0.625. The van der Waals surface area contributed by atoms with Crippen LogP contribution in [0.25, 0.3) is 0 Å². The van der Waals surface area contributed by atoms with Gasteiger partial charge in [-0.15, -0.1) is 0 Å². The van der Waals surface area contributed by atoms with Crippen molar-refractivity contribution in [3.8, 4) is 0 Å². The zero-order valence-corrected chi connectivity index (χ0v) is 9.67. The van der Waals surface area contributed by atoms with Crippen LogP contribution in [0.5, 0.6) is 0 Å². The van der Waals surface area contributed by atoms with Crippen LogP contribution in [0, 0.1) is 0 Å². The first-order chi connectivity index (χ1) is 7.20. The van der Waals surface area contributed by atoms with Gasteiger partial charge in [-0.05, 0) is 52.2 Å². The second kappa shape index (κ2) is 6.80. The Morgan fingerprint density at radius 2 is 2.07 bits per heavy atom. The van der Waals surface area contributed by atoms with Gasteiger partial charge in [0.1, 0.15) is 0 Å². The Morgan fingerprint density at radius 3 is 2.67 bits per heavy atom. The highest BCUT2D eigenvalue weighted by Gasteiger charge is 2.10. The molecule has 4 heteroatoms. The predicted octanol–water partition coefficient (Wildman–Crippen LogP) is 0.326. The van der Waals surface area contributed by atoms with E-state index in [0.29, 0.717) is 0 Å². The van der Waals surface area contributed by atoms with Crippen LogP contribution in [0.4, 0.5) is 0 Å². The smallest absolute Gasteiger partial charge is 0.236 e. The number of unbranched alkanes of at least 4 members (excludes halogenated alkanes) is 1. The summed E-state index contributed by atoms with van der Waals surface area (Å²) < 4.78 is 0. The number of nitrogens with two attached hydrogens (primary N) is 1. The molecule has 1 aliphatic rings. The molecule has 1 heterocycles. The summed E-state index contributed by atoms with van der Waals surface area (Å²) in [7, 11) is 0. The van der Waals surface area contributed by atoms with E-state index in [9.17, 15) is 4.79 Å². The normalized spacial score (nSPS) is 19.1. The predicted molar refractivity (Wildman–Crippen MR) is 61.6 cm³/mol. The van der Waals surface area contributed by atoms with E-state index in [4.69, 9.17) is 5.73 Å². The van der Waals surface area contributed by atoms with Crippen LogP contribution >= 0.6 is 0 Å². The average molecular weight is 213 g/mol. The Balaban J connectivity index is 1.90. The summed E-state index contributed by atoms with van der Waals surface area (Å²) in [5.74, 6) is -0.0452. The van der Waals surface area contributed by atoms with Crippen molar-refractivity contribution in [2.24, 2.45) is 5.73 Å². The maximum absolute atomic E-state index is 11.1. The highest BCUT2D eigenvalue weighted by Crippen LogP contribution is 2.07. The Bertz CT molecular complexity index is 188. The van der Waals surface area contributed by atoms with Crippen LogP contribution in [-0.4, -0.2) is 43.0 Å². The third-order valence-electron chi connectivity index (χ3n) is 2.81. The fourth-order valence-electron chi connectivity index (χ4n) is 1.84. The molecule has 1 aliphatic heterocycles. The van der Waals surface area contributed by atoms with E-state index in [1.54, 1.807) is 6.92 Å². The van der Waals surface area contributed by atoms with E-state index in [-0.39, 0.29) is 11.9 Å². The van der Waals surface area contributed by atoms with E-state index in [0.717, 1.165) is 13.0 Å². The molecule has 0 bridgehead atoms. The fraction of sp³-hybridized carbons (Fsp3) is 0.909. The topological polar surface area (TPSA) is 58.4 Å². The summed E-state index contributed by atoms with van der Waals surface area (Å²) >= 11 is 0. The maximum atomic E-state index is 11.1. The SMILES string of the molecule is CC(N)C(=O)NCCCCN1CCCC1. The Labute approximate surface area is 92.2 Å². The van der Waals surface area contributed by atoms with Crippen molar-refractivity contribution in [1.29, 1.82) is 0 Å². The van der Waals surface area contributed by atoms with E-state index in [1.807, 2.05) is 0 Å². The molecule has 0 aromatic carbocycles. The summed E-state index contributed by atoms with van der Waals surface area (Å²) in [6.07, 6.45) is 4.91. The molecule has 1 fully saturated rings. The molecule has 4 nitrogen and oxygen atoms in total. The molecule has 1 rings (SSSR count). The largest absolute Gasteiger partial charge is 0.355 e. The first kappa shape index (κ1) is 12.5. The van der Waals surface area contributed by atoms with Gasteiger partial charge in [0, 0.05) is 6.54 Å². The molecule has 1 atom stereocenters. The van der Waals surface area contributed by atoms with Crippen molar-refractivity contribution < 1.29 is 4.79 Å². The molecular weight excluding hydrogens is 190 g/mol. The summed E-state index contributed by atoms with van der Waals surface area (Å²) in [6.45, 7) is 6.15. The number of hydrogen-bond acceptors (Lipinski definition) is 3. The molecule has 0 saturated carbocycles. The number of rotatable bonds is 6. The summed E-state index contributed by atoms with van der Waals surface area (Å²) in [6, 6.07) is -0.386. The van der Waals surface area contributed by atoms with Gasteiger partial charge in [-0.2, -0.15) is 0 Å². The lowest BCUT2D eigenvalue weighted by Crippen LogP contribution is -2.38. The minimum Gasteiger partial charge on any atom is -0.355 e. The number of nitrogens with one attached hydrogen (secondary N) is 1. The maximum Gasteiger partial charge on any atom is 0.236 e. The second-order valence-corrected chi connectivity index (χ2v) is 4.34. The van der Waals surface area contributed by atoms with Gasteiger partial charge in [0.05, 0.1) is 6.04 Å². The van der Waals surface area contributed by atoms with Gasteiger partial charge < -0.3 is 16.0 Å². The molecule has 88 valence electrons. The van der Waals surface area contributed by atoms with Gasteiger partial charge in [0.25, 0.3) is 0 Å². The van der Waals surface area contributed by atoms with E-state index >= 15 is 0 Å². The fourth-order valence-corrected chi connectivity index (χ4v) is 1.84. The van der Waals surface area contributed by atoms with Gasteiger partial charge in [0.2, 0.25) is 5.91 Å². The molecule has 0 aromatic heterocycles. The van der Waals surface area contributed by atoms with Crippen LogP contribution in [0.1, 0.15) is 32.6 Å². The lowest BCUT2D eigenvalue weighted by atomic mass is 10.2. The summed E-state index contributed by atoms with van der Waals surface area (Å²) in [5.41, 5.74) is 5.43. The Morgan fingerprint density at radius 1 is 1.40 bits per heavy atom. The lowest BCUT2D eigenvalue weighted by Gasteiger charge is -2.14. The molecule has 1 saturated heterocycles. The van der Waals surface area contributed by atoms with Gasteiger partial charge in [0.15, 0.2) is 0 Å². The zero-order valence-electron chi connectivity index (χ0n) is 9.67. The van der Waals surface area contributed by atoms with Crippen molar-refractivity contribution in [2.45, 2.75) is 38.6 Å². The third-order valence-corrected chi connectivity index (χ3v) is 2.81. The van der Waals surface area contributed by atoms with Gasteiger partial charge in [-0.3, -0.25) is 4.79 Å². The number of amides is 1. The molecular formula is C11H23N3O. The van der Waals surface area contributed by atoms with E-state index in [1.165, 1.54) is 38.9 Å². The van der Waals surface area contributed by atoms with Crippen LogP contribution < -0.4 is 11.1 Å². The van der Waals surface area contributed by atoms with Crippen LogP contribution in [0.2, 0.25) is 0 Å². The first-order valence-electron chi connectivity index (χ1n) is 5.96. The monoisotopic (exact) mass is 213 g/mol. The zero-order chi connectivity index (χ0) is 11.1. The minimum atomic E-state index is -0.386. The summed E-state index contributed by atoms with van der Waals surface area (Å²) in [4.78, 5) is 13.6. The number of hydrogen-bond donors (Lipinski definition) is 2. The second-order valence-electron chi connectivity index (χ2n) is 4.34. The number of likely N-dealkylation sites (tertiary alicyclic amines) is 1. The highest BCUT2D eigenvalue weighted by molar-refractivity contribution is 5.80. The van der Waals surface area contributed by atoms with Crippen LogP contribution in [0.3, 0.4) is 0 Å².